The molecule has 1 unspecified atom stereocenters. The Bertz CT molecular complexity index is 336. The van der Waals surface area contributed by atoms with E-state index in [0.717, 1.165) is 26.1 Å². The zero-order valence-corrected chi connectivity index (χ0v) is 12.5. The number of hydrogen-bond donors (Lipinski definition) is 0. The highest BCUT2D eigenvalue weighted by Crippen LogP contribution is 2.12. The normalized spacial score (nSPS) is 18.8. The smallest absolute Gasteiger partial charge is 0.410 e. The number of carbonyl (C=O) groups is 1. The average molecular weight is 267 g/mol. The predicted molar refractivity (Wildman–Crippen MR) is 74.9 cm³/mol. The Kier molecular flexibility index (Phi) is 5.61. The van der Waals surface area contributed by atoms with Crippen LogP contribution in [0.1, 0.15) is 34.1 Å². The van der Waals surface area contributed by atoms with Gasteiger partial charge in [0.05, 0.1) is 0 Å². The second-order valence-electron chi connectivity index (χ2n) is 6.08. The lowest BCUT2D eigenvalue weighted by atomic mass is 10.2. The van der Waals surface area contributed by atoms with E-state index in [1.165, 1.54) is 0 Å². The van der Waals surface area contributed by atoms with Crippen molar-refractivity contribution in [1.82, 2.24) is 9.80 Å². The first-order valence-corrected chi connectivity index (χ1v) is 6.88. The molecule has 108 valence electrons. The van der Waals surface area contributed by atoms with Crippen molar-refractivity contribution in [3.8, 4) is 0 Å². The standard InChI is InChI=1S/C14H25N3O2/c1-12(15-5)6-7-16-8-10-17(11-9-16)13(18)19-14(2,3)4/h12H,6-11H2,1-4H3. The van der Waals surface area contributed by atoms with Crippen LogP contribution in [0.3, 0.4) is 0 Å². The van der Waals surface area contributed by atoms with Crippen LogP contribution in [0.15, 0.2) is 0 Å². The Morgan fingerprint density at radius 3 is 2.37 bits per heavy atom. The summed E-state index contributed by atoms with van der Waals surface area (Å²) in [4.78, 5) is 19.4. The molecule has 1 rings (SSSR count). The van der Waals surface area contributed by atoms with Crippen LogP contribution < -0.4 is 0 Å². The molecule has 0 aliphatic carbocycles. The molecule has 1 amide bonds. The van der Waals surface area contributed by atoms with Crippen molar-refractivity contribution in [2.75, 3.05) is 32.7 Å². The van der Waals surface area contributed by atoms with Crippen LogP contribution in [0.5, 0.6) is 0 Å². The van der Waals surface area contributed by atoms with Gasteiger partial charge in [0.15, 0.2) is 0 Å². The van der Waals surface area contributed by atoms with Gasteiger partial charge in [0.1, 0.15) is 5.60 Å². The fraction of sp³-hybridized carbons (Fsp3) is 0.857. The molecule has 1 saturated heterocycles. The number of nitrogens with zero attached hydrogens (tertiary/aromatic N) is 3. The third-order valence-electron chi connectivity index (χ3n) is 3.11. The molecule has 19 heavy (non-hydrogen) atoms. The van der Waals surface area contributed by atoms with Crippen LogP contribution in [0.2, 0.25) is 0 Å². The van der Waals surface area contributed by atoms with Gasteiger partial charge in [0.25, 0.3) is 0 Å². The van der Waals surface area contributed by atoms with Crippen molar-refractivity contribution in [1.29, 1.82) is 0 Å². The molecule has 5 heteroatoms. The summed E-state index contributed by atoms with van der Waals surface area (Å²) in [6, 6.07) is 0.0869. The van der Waals surface area contributed by atoms with Gasteiger partial charge in [-0.05, 0) is 20.8 Å². The van der Waals surface area contributed by atoms with E-state index < -0.39 is 5.60 Å². The summed E-state index contributed by atoms with van der Waals surface area (Å²) in [6.45, 7) is 18.6. The lowest BCUT2D eigenvalue weighted by Gasteiger charge is -2.35. The molecule has 0 aromatic rings. The zero-order valence-electron chi connectivity index (χ0n) is 12.5. The summed E-state index contributed by atoms with van der Waals surface area (Å²) in [6.07, 6.45) is 0.678. The monoisotopic (exact) mass is 267 g/mol. The molecule has 0 aromatic carbocycles. The Morgan fingerprint density at radius 1 is 1.32 bits per heavy atom. The van der Waals surface area contributed by atoms with Gasteiger partial charge >= 0.3 is 6.09 Å². The van der Waals surface area contributed by atoms with Crippen LogP contribution in [-0.4, -0.2) is 60.3 Å². The minimum Gasteiger partial charge on any atom is -0.444 e. The Balaban J connectivity index is 2.29. The second kappa shape index (κ2) is 6.76. The lowest BCUT2D eigenvalue weighted by Crippen LogP contribution is -2.50. The molecule has 0 saturated carbocycles. The third kappa shape index (κ3) is 5.93. The average Bonchev–Trinajstić information content (AvgIpc) is 2.34. The largest absolute Gasteiger partial charge is 0.444 e. The Hall–Kier alpha value is -1.28. The second-order valence-corrected chi connectivity index (χ2v) is 6.08. The zero-order chi connectivity index (χ0) is 14.5. The van der Waals surface area contributed by atoms with Gasteiger partial charge in [-0.3, -0.25) is 4.90 Å². The van der Waals surface area contributed by atoms with E-state index in [0.29, 0.717) is 13.1 Å². The molecule has 0 aromatic heterocycles. The molecule has 1 aliphatic heterocycles. The van der Waals surface area contributed by atoms with Crippen molar-refractivity contribution in [3.05, 3.63) is 11.4 Å². The quantitative estimate of drug-likeness (QED) is 0.736. The summed E-state index contributed by atoms with van der Waals surface area (Å²) in [5.74, 6) is 0. The van der Waals surface area contributed by atoms with Gasteiger partial charge in [-0.15, -0.1) is 0 Å². The van der Waals surface area contributed by atoms with Crippen LogP contribution in [0, 0.1) is 6.57 Å². The summed E-state index contributed by atoms with van der Waals surface area (Å²) >= 11 is 0. The number of piperazine rings is 1. The molecular formula is C14H25N3O2. The summed E-state index contributed by atoms with van der Waals surface area (Å²) < 4.78 is 5.36. The first kappa shape index (κ1) is 15.8. The van der Waals surface area contributed by atoms with Crippen LogP contribution in [0.4, 0.5) is 4.79 Å². The van der Waals surface area contributed by atoms with Crippen molar-refractivity contribution in [2.45, 2.75) is 45.8 Å². The van der Waals surface area contributed by atoms with Crippen molar-refractivity contribution in [3.63, 3.8) is 0 Å². The molecule has 1 heterocycles. The molecule has 1 aliphatic rings. The van der Waals surface area contributed by atoms with Gasteiger partial charge in [0.2, 0.25) is 6.04 Å². The molecule has 0 bridgehead atoms. The van der Waals surface area contributed by atoms with Crippen LogP contribution >= 0.6 is 0 Å². The minimum atomic E-state index is -0.431. The summed E-state index contributed by atoms with van der Waals surface area (Å²) in [5, 5.41) is 0. The van der Waals surface area contributed by atoms with E-state index in [2.05, 4.69) is 9.74 Å². The Labute approximate surface area is 116 Å². The third-order valence-corrected chi connectivity index (χ3v) is 3.11. The van der Waals surface area contributed by atoms with Crippen LogP contribution in [-0.2, 0) is 4.74 Å². The number of carbonyl (C=O) groups excluding carboxylic acids is 1. The topological polar surface area (TPSA) is 37.1 Å². The molecule has 0 N–H and O–H groups in total. The van der Waals surface area contributed by atoms with Crippen molar-refractivity contribution >= 4 is 6.09 Å². The fourth-order valence-electron chi connectivity index (χ4n) is 1.91. The number of ether oxygens (including phenoxy) is 1. The summed E-state index contributed by atoms with van der Waals surface area (Å²) in [7, 11) is 0. The predicted octanol–water partition coefficient (Wildman–Crippen LogP) is 2.24. The maximum atomic E-state index is 11.9. The molecule has 5 nitrogen and oxygen atoms in total. The number of hydrogen-bond acceptors (Lipinski definition) is 3. The first-order valence-electron chi connectivity index (χ1n) is 6.88. The van der Waals surface area contributed by atoms with Gasteiger partial charge in [-0.2, -0.15) is 0 Å². The molecule has 1 atom stereocenters. The summed E-state index contributed by atoms with van der Waals surface area (Å²) in [5.41, 5.74) is -0.431. The highest BCUT2D eigenvalue weighted by molar-refractivity contribution is 5.68. The van der Waals surface area contributed by atoms with Gasteiger partial charge < -0.3 is 14.5 Å². The maximum absolute atomic E-state index is 11.9. The van der Waals surface area contributed by atoms with E-state index in [-0.39, 0.29) is 12.1 Å². The van der Waals surface area contributed by atoms with E-state index >= 15 is 0 Å². The van der Waals surface area contributed by atoms with E-state index in [4.69, 9.17) is 11.3 Å². The first-order chi connectivity index (χ1) is 8.81. The molecule has 0 spiro atoms. The number of rotatable bonds is 3. The van der Waals surface area contributed by atoms with Gasteiger partial charge in [-0.1, -0.05) is 0 Å². The minimum absolute atomic E-state index is 0.0869. The lowest BCUT2D eigenvalue weighted by molar-refractivity contribution is 0.0144. The highest BCUT2D eigenvalue weighted by atomic mass is 16.6. The fourth-order valence-corrected chi connectivity index (χ4v) is 1.91. The SMILES string of the molecule is [C-]#[N+]C(C)CCN1CCN(C(=O)OC(C)(C)C)CC1. The Morgan fingerprint density at radius 2 is 1.89 bits per heavy atom. The highest BCUT2D eigenvalue weighted by Gasteiger charge is 2.25. The van der Waals surface area contributed by atoms with E-state index in [1.54, 1.807) is 4.90 Å². The molecular weight excluding hydrogens is 242 g/mol. The number of amides is 1. The van der Waals surface area contributed by atoms with Crippen LogP contribution in [0.25, 0.3) is 4.85 Å². The van der Waals surface area contributed by atoms with Gasteiger partial charge in [-0.25, -0.2) is 11.4 Å². The van der Waals surface area contributed by atoms with E-state index in [1.807, 2.05) is 27.7 Å². The van der Waals surface area contributed by atoms with Crippen molar-refractivity contribution in [2.24, 2.45) is 0 Å². The van der Waals surface area contributed by atoms with E-state index in [9.17, 15) is 4.79 Å². The molecule has 1 fully saturated rings. The maximum Gasteiger partial charge on any atom is 0.410 e. The van der Waals surface area contributed by atoms with Crippen molar-refractivity contribution < 1.29 is 9.53 Å². The van der Waals surface area contributed by atoms with Gasteiger partial charge in [0, 0.05) is 46.1 Å². The molecule has 0 radical (unpaired) electrons.